The summed E-state index contributed by atoms with van der Waals surface area (Å²) in [6.07, 6.45) is 11.1. The van der Waals surface area contributed by atoms with E-state index in [9.17, 15) is 0 Å². The van der Waals surface area contributed by atoms with Gasteiger partial charge in [-0.25, -0.2) is 0 Å². The van der Waals surface area contributed by atoms with Crippen LogP contribution in [0.25, 0.3) is 0 Å². The van der Waals surface area contributed by atoms with Crippen LogP contribution in [0.15, 0.2) is 0 Å². The van der Waals surface area contributed by atoms with Crippen molar-refractivity contribution in [2.75, 3.05) is 0 Å². The van der Waals surface area contributed by atoms with Gasteiger partial charge in [0.1, 0.15) is 0 Å². The molecule has 0 bridgehead atoms. The van der Waals surface area contributed by atoms with Gasteiger partial charge in [0.15, 0.2) is 0 Å². The van der Waals surface area contributed by atoms with Crippen molar-refractivity contribution in [3.05, 3.63) is 4.58 Å². The summed E-state index contributed by atoms with van der Waals surface area (Å²) in [5.41, 5.74) is 0. The van der Waals surface area contributed by atoms with Gasteiger partial charge in [-0.05, 0) is 0 Å². The normalized spacial score (nSPS) is 17.1. The van der Waals surface area contributed by atoms with Gasteiger partial charge in [-0.2, -0.15) is 0 Å². The van der Waals surface area contributed by atoms with Gasteiger partial charge in [-0.3, -0.25) is 0 Å². The maximum atomic E-state index is 4.42. The molecule has 4 radical (unpaired) electrons. The molecule has 2 unspecified atom stereocenters. The van der Waals surface area contributed by atoms with Gasteiger partial charge < -0.3 is 0 Å². The molecular formula is C14H28S2Sn. The Kier molecular flexibility index (Phi) is 11.2. The molecule has 0 nitrogen and oxygen atoms in total. The van der Waals surface area contributed by atoms with E-state index >= 15 is 0 Å². The first-order valence-electron chi connectivity index (χ1n) is 6.93. The molecule has 0 saturated carbocycles. The van der Waals surface area contributed by atoms with E-state index in [1.165, 1.54) is 73.9 Å². The van der Waals surface area contributed by atoms with E-state index in [0.717, 1.165) is 4.58 Å². The van der Waals surface area contributed by atoms with Crippen LogP contribution in [-0.4, -0.2) is 22.5 Å². The minimum atomic E-state index is 0.237. The Labute approximate surface area is 133 Å². The minimum absolute atomic E-state index is 0.237. The van der Waals surface area contributed by atoms with Crippen LogP contribution in [-0.2, 0) is 0 Å². The second kappa shape index (κ2) is 10.3. The van der Waals surface area contributed by atoms with Crippen molar-refractivity contribution in [1.29, 1.82) is 0 Å². The summed E-state index contributed by atoms with van der Waals surface area (Å²) in [4.78, 5) is 0. The van der Waals surface area contributed by atoms with E-state index in [4.69, 9.17) is 0 Å². The molecule has 17 heavy (non-hydrogen) atoms. The van der Waals surface area contributed by atoms with Gasteiger partial charge >= 0.3 is 134 Å². The van der Waals surface area contributed by atoms with Crippen LogP contribution in [0.2, 0.25) is 3.43 Å². The fourth-order valence-electron chi connectivity index (χ4n) is 1.92. The summed E-state index contributed by atoms with van der Waals surface area (Å²) >= 11 is 10.4. The van der Waals surface area contributed by atoms with Crippen molar-refractivity contribution >= 4 is 47.8 Å². The molecule has 0 rings (SSSR count). The molecule has 100 valence electrons. The molecule has 0 N–H and O–H groups in total. The van der Waals surface area contributed by atoms with Crippen molar-refractivity contribution in [1.82, 2.24) is 0 Å². The zero-order chi connectivity index (χ0) is 13.3. The number of thiol groups is 2. The third-order valence-corrected chi connectivity index (χ3v) is 7.94. The Hall–Kier alpha value is 1.50. The van der Waals surface area contributed by atoms with Gasteiger partial charge in [0.25, 0.3) is 0 Å². The van der Waals surface area contributed by atoms with Crippen molar-refractivity contribution in [2.24, 2.45) is 5.92 Å². The molecule has 0 aromatic heterocycles. The molecular weight excluding hydrogens is 351 g/mol. The van der Waals surface area contributed by atoms with Crippen molar-refractivity contribution in [2.45, 2.75) is 75.6 Å². The average molecular weight is 379 g/mol. The molecule has 0 aliphatic rings. The standard InChI is InChI=1S/C14H28S2.Sn/c1-4-5-6-7-8-9-10-11-12(2)13(3)14(15)16;/h12,15-16H,4-11H2,1-3H3;. The van der Waals surface area contributed by atoms with Crippen LogP contribution in [0.5, 0.6) is 0 Å². The molecule has 3 heteroatoms. The van der Waals surface area contributed by atoms with Crippen LogP contribution >= 0.6 is 25.3 Å². The Morgan fingerprint density at radius 2 is 1.53 bits per heavy atom. The summed E-state index contributed by atoms with van der Waals surface area (Å²) in [7, 11) is 0. The van der Waals surface area contributed by atoms with E-state index in [1.807, 2.05) is 0 Å². The van der Waals surface area contributed by atoms with Crippen LogP contribution in [0.3, 0.4) is 0 Å². The molecule has 0 aliphatic carbocycles. The van der Waals surface area contributed by atoms with Gasteiger partial charge in [0.05, 0.1) is 0 Å². The third-order valence-electron chi connectivity index (χ3n) is 3.69. The predicted octanol–water partition coefficient (Wildman–Crippen LogP) is 5.46. The Morgan fingerprint density at radius 3 is 2.00 bits per heavy atom. The van der Waals surface area contributed by atoms with Crippen molar-refractivity contribution in [3.8, 4) is 0 Å². The molecule has 0 spiro atoms. The predicted molar refractivity (Wildman–Crippen MR) is 87.1 cm³/mol. The monoisotopic (exact) mass is 380 g/mol. The van der Waals surface area contributed by atoms with E-state index in [0.29, 0.717) is 5.92 Å². The Bertz CT molecular complexity index is 181. The number of rotatable bonds is 10. The van der Waals surface area contributed by atoms with Crippen molar-refractivity contribution in [3.63, 3.8) is 0 Å². The van der Waals surface area contributed by atoms with E-state index in [2.05, 4.69) is 46.0 Å². The molecule has 0 saturated heterocycles. The Morgan fingerprint density at radius 1 is 1.06 bits per heavy atom. The fourth-order valence-corrected chi connectivity index (χ4v) is 2.77. The van der Waals surface area contributed by atoms with Gasteiger partial charge in [0.2, 0.25) is 0 Å². The summed E-state index contributed by atoms with van der Waals surface area (Å²) < 4.78 is 1.24. The zero-order valence-electron chi connectivity index (χ0n) is 11.6. The zero-order valence-corrected chi connectivity index (χ0v) is 16.3. The number of hydrogen-bond donors (Lipinski definition) is 2. The number of hydrogen-bond acceptors (Lipinski definition) is 2. The first-order chi connectivity index (χ1) is 7.92. The van der Waals surface area contributed by atoms with Crippen LogP contribution in [0.4, 0.5) is 0 Å². The SMILES string of the molecule is CCCCCCCCCC(C)[C](C)([Sn])[C](S)S. The maximum absolute atomic E-state index is 4.42. The quantitative estimate of drug-likeness (QED) is 0.281. The summed E-state index contributed by atoms with van der Waals surface area (Å²) in [5.74, 6) is 0.710. The summed E-state index contributed by atoms with van der Waals surface area (Å²) in [5, 5.41) is 0. The summed E-state index contributed by atoms with van der Waals surface area (Å²) in [6, 6.07) is 0. The third kappa shape index (κ3) is 8.30. The second-order valence-corrected chi connectivity index (χ2v) is 9.55. The van der Waals surface area contributed by atoms with E-state index < -0.39 is 0 Å². The molecule has 0 aliphatic heterocycles. The first-order valence-corrected chi connectivity index (χ1v) is 9.25. The molecule has 0 heterocycles. The van der Waals surface area contributed by atoms with Gasteiger partial charge in [-0.1, -0.05) is 0 Å². The topological polar surface area (TPSA) is 0 Å². The molecule has 0 aromatic carbocycles. The van der Waals surface area contributed by atoms with Crippen molar-refractivity contribution < 1.29 is 0 Å². The van der Waals surface area contributed by atoms with Crippen LogP contribution < -0.4 is 0 Å². The molecule has 0 amide bonds. The average Bonchev–Trinajstić information content (AvgIpc) is 2.27. The van der Waals surface area contributed by atoms with Gasteiger partial charge in [0, 0.05) is 0 Å². The Balaban J connectivity index is 3.54. The van der Waals surface area contributed by atoms with Crippen LogP contribution in [0, 0.1) is 10.5 Å². The molecule has 0 aromatic rings. The first kappa shape index (κ1) is 18.5. The van der Waals surface area contributed by atoms with E-state index in [-0.39, 0.29) is 3.43 Å². The fraction of sp³-hybridized carbons (Fsp3) is 0.929. The molecule has 0 fully saturated rings. The molecule has 2 atom stereocenters. The van der Waals surface area contributed by atoms with Gasteiger partial charge in [-0.15, -0.1) is 0 Å². The van der Waals surface area contributed by atoms with Crippen LogP contribution in [0.1, 0.15) is 72.1 Å². The second-order valence-electron chi connectivity index (χ2n) is 5.34. The number of unbranched alkanes of at least 4 members (excludes halogenated alkanes) is 6. The van der Waals surface area contributed by atoms with E-state index in [1.54, 1.807) is 0 Å². The summed E-state index contributed by atoms with van der Waals surface area (Å²) in [6.45, 7) is 6.90.